The Kier molecular flexibility index (Phi) is 4.04. The molecule has 106 valence electrons. The van der Waals surface area contributed by atoms with Crippen LogP contribution in [0.25, 0.3) is 10.9 Å². The minimum Gasteiger partial charge on any atom is -0.309 e. The number of hydrogen-bond donors (Lipinski definition) is 1. The van der Waals surface area contributed by atoms with Crippen molar-refractivity contribution in [2.75, 3.05) is 7.05 Å². The standard InChI is InChI=1S/C18H17BrN2/c1-12-8-9-16(19)15(11-12)18(20-2)14-7-3-5-13-6-4-10-21-17(13)14/h3-11,18,20H,1-2H3. The summed E-state index contributed by atoms with van der Waals surface area (Å²) in [7, 11) is 1.99. The minimum absolute atomic E-state index is 0.109. The average molecular weight is 341 g/mol. The van der Waals surface area contributed by atoms with Crippen molar-refractivity contribution in [3.8, 4) is 0 Å². The van der Waals surface area contributed by atoms with Gasteiger partial charge in [0, 0.05) is 16.1 Å². The number of fused-ring (bicyclic) bond motifs is 1. The third kappa shape index (κ3) is 2.71. The summed E-state index contributed by atoms with van der Waals surface area (Å²) in [6, 6.07) is 17.0. The Bertz CT molecular complexity index is 778. The predicted octanol–water partition coefficient (Wildman–Crippen LogP) is 4.61. The van der Waals surface area contributed by atoms with Crippen molar-refractivity contribution >= 4 is 26.8 Å². The van der Waals surface area contributed by atoms with Crippen molar-refractivity contribution in [2.45, 2.75) is 13.0 Å². The molecule has 0 amide bonds. The van der Waals surface area contributed by atoms with E-state index in [1.165, 1.54) is 22.1 Å². The fourth-order valence-corrected chi connectivity index (χ4v) is 3.20. The fraction of sp³-hybridized carbons (Fsp3) is 0.167. The highest BCUT2D eigenvalue weighted by Gasteiger charge is 2.18. The first kappa shape index (κ1) is 14.2. The van der Waals surface area contributed by atoms with E-state index in [2.05, 4.69) is 75.6 Å². The molecule has 3 heteroatoms. The smallest absolute Gasteiger partial charge is 0.0753 e. The maximum atomic E-state index is 4.57. The highest BCUT2D eigenvalue weighted by Crippen LogP contribution is 2.32. The molecule has 1 N–H and O–H groups in total. The molecule has 1 atom stereocenters. The lowest BCUT2D eigenvalue weighted by Crippen LogP contribution is -2.19. The maximum Gasteiger partial charge on any atom is 0.0753 e. The molecule has 0 spiro atoms. The zero-order valence-electron chi connectivity index (χ0n) is 12.1. The first-order chi connectivity index (χ1) is 10.2. The third-order valence-electron chi connectivity index (χ3n) is 3.73. The van der Waals surface area contributed by atoms with Gasteiger partial charge in [-0.2, -0.15) is 0 Å². The van der Waals surface area contributed by atoms with Crippen molar-refractivity contribution < 1.29 is 0 Å². The van der Waals surface area contributed by atoms with Crippen molar-refractivity contribution in [3.05, 3.63) is 75.9 Å². The van der Waals surface area contributed by atoms with Crippen LogP contribution >= 0.6 is 15.9 Å². The molecule has 0 aliphatic heterocycles. The Morgan fingerprint density at radius 2 is 1.86 bits per heavy atom. The van der Waals surface area contributed by atoms with Gasteiger partial charge in [-0.15, -0.1) is 0 Å². The third-order valence-corrected chi connectivity index (χ3v) is 4.45. The van der Waals surface area contributed by atoms with Gasteiger partial charge in [0.2, 0.25) is 0 Å². The average Bonchev–Trinajstić information content (AvgIpc) is 2.51. The summed E-state index contributed by atoms with van der Waals surface area (Å²) < 4.78 is 1.11. The largest absolute Gasteiger partial charge is 0.309 e. The van der Waals surface area contributed by atoms with Crippen LogP contribution in [0, 0.1) is 6.92 Å². The van der Waals surface area contributed by atoms with Gasteiger partial charge < -0.3 is 5.32 Å². The van der Waals surface area contributed by atoms with E-state index in [1.54, 1.807) is 0 Å². The van der Waals surface area contributed by atoms with Crippen LogP contribution in [-0.2, 0) is 0 Å². The summed E-state index contributed by atoms with van der Waals surface area (Å²) in [6.07, 6.45) is 1.85. The predicted molar refractivity (Wildman–Crippen MR) is 91.5 cm³/mol. The summed E-state index contributed by atoms with van der Waals surface area (Å²) in [5, 5.41) is 4.59. The van der Waals surface area contributed by atoms with E-state index in [0.717, 1.165) is 9.99 Å². The second kappa shape index (κ2) is 5.96. The molecule has 0 saturated carbocycles. The van der Waals surface area contributed by atoms with Crippen molar-refractivity contribution in [2.24, 2.45) is 0 Å². The lowest BCUT2D eigenvalue weighted by atomic mass is 9.95. The van der Waals surface area contributed by atoms with Crippen molar-refractivity contribution in [1.82, 2.24) is 10.3 Å². The normalized spacial score (nSPS) is 12.5. The molecule has 0 fully saturated rings. The van der Waals surface area contributed by atoms with Gasteiger partial charge in [-0.3, -0.25) is 4.98 Å². The van der Waals surface area contributed by atoms with Crippen LogP contribution < -0.4 is 5.32 Å². The highest BCUT2D eigenvalue weighted by atomic mass is 79.9. The fourth-order valence-electron chi connectivity index (χ4n) is 2.72. The summed E-state index contributed by atoms with van der Waals surface area (Å²) >= 11 is 3.67. The van der Waals surface area contributed by atoms with E-state index in [1.807, 2.05) is 19.3 Å². The molecule has 1 heterocycles. The molecule has 0 radical (unpaired) electrons. The molecular weight excluding hydrogens is 324 g/mol. The van der Waals surface area contributed by atoms with Gasteiger partial charge in [0.25, 0.3) is 0 Å². The van der Waals surface area contributed by atoms with E-state index in [9.17, 15) is 0 Å². The summed E-state index contributed by atoms with van der Waals surface area (Å²) in [5.74, 6) is 0. The lowest BCUT2D eigenvalue weighted by Gasteiger charge is -2.20. The van der Waals surface area contributed by atoms with Gasteiger partial charge in [-0.25, -0.2) is 0 Å². The number of para-hydroxylation sites is 1. The number of pyridine rings is 1. The molecule has 0 saturated heterocycles. The first-order valence-corrected chi connectivity index (χ1v) is 7.77. The van der Waals surface area contributed by atoms with Gasteiger partial charge >= 0.3 is 0 Å². The zero-order chi connectivity index (χ0) is 14.8. The van der Waals surface area contributed by atoms with Gasteiger partial charge in [-0.1, -0.05) is 57.9 Å². The van der Waals surface area contributed by atoms with E-state index in [4.69, 9.17) is 0 Å². The van der Waals surface area contributed by atoms with E-state index in [0.29, 0.717) is 0 Å². The molecule has 3 rings (SSSR count). The molecular formula is C18H17BrN2. The van der Waals surface area contributed by atoms with Crippen LogP contribution in [-0.4, -0.2) is 12.0 Å². The van der Waals surface area contributed by atoms with Gasteiger partial charge in [-0.05, 0) is 37.2 Å². The van der Waals surface area contributed by atoms with Crippen LogP contribution in [0.3, 0.4) is 0 Å². The minimum atomic E-state index is 0.109. The highest BCUT2D eigenvalue weighted by molar-refractivity contribution is 9.10. The Morgan fingerprint density at radius 3 is 2.67 bits per heavy atom. The van der Waals surface area contributed by atoms with Crippen LogP contribution in [0.15, 0.2) is 59.2 Å². The molecule has 1 unspecified atom stereocenters. The van der Waals surface area contributed by atoms with Gasteiger partial charge in [0.15, 0.2) is 0 Å². The van der Waals surface area contributed by atoms with Crippen LogP contribution in [0.2, 0.25) is 0 Å². The van der Waals surface area contributed by atoms with Crippen molar-refractivity contribution in [1.29, 1.82) is 0 Å². The molecule has 21 heavy (non-hydrogen) atoms. The Morgan fingerprint density at radius 1 is 1.05 bits per heavy atom. The molecule has 1 aromatic heterocycles. The summed E-state index contributed by atoms with van der Waals surface area (Å²) in [6.45, 7) is 2.12. The van der Waals surface area contributed by atoms with E-state index < -0.39 is 0 Å². The zero-order valence-corrected chi connectivity index (χ0v) is 13.7. The second-order valence-electron chi connectivity index (χ2n) is 5.17. The monoisotopic (exact) mass is 340 g/mol. The summed E-state index contributed by atoms with van der Waals surface area (Å²) in [4.78, 5) is 4.57. The molecule has 3 aromatic rings. The number of nitrogens with zero attached hydrogens (tertiary/aromatic N) is 1. The van der Waals surface area contributed by atoms with Crippen LogP contribution in [0.5, 0.6) is 0 Å². The van der Waals surface area contributed by atoms with E-state index in [-0.39, 0.29) is 6.04 Å². The Labute approximate surface area is 133 Å². The SMILES string of the molecule is CNC(c1cc(C)ccc1Br)c1cccc2cccnc12. The number of halogens is 1. The molecule has 0 bridgehead atoms. The molecule has 2 aromatic carbocycles. The Hall–Kier alpha value is -1.71. The lowest BCUT2D eigenvalue weighted by molar-refractivity contribution is 0.692. The van der Waals surface area contributed by atoms with Crippen LogP contribution in [0.4, 0.5) is 0 Å². The Balaban J connectivity index is 2.21. The number of aryl methyl sites for hydroxylation is 1. The van der Waals surface area contributed by atoms with Gasteiger partial charge in [0.05, 0.1) is 11.6 Å². The molecule has 2 nitrogen and oxygen atoms in total. The number of rotatable bonds is 3. The quantitative estimate of drug-likeness (QED) is 0.752. The molecule has 0 aliphatic carbocycles. The number of nitrogens with one attached hydrogen (secondary N) is 1. The topological polar surface area (TPSA) is 24.9 Å². The van der Waals surface area contributed by atoms with Crippen molar-refractivity contribution in [3.63, 3.8) is 0 Å². The van der Waals surface area contributed by atoms with Crippen LogP contribution in [0.1, 0.15) is 22.7 Å². The maximum absolute atomic E-state index is 4.57. The number of benzene rings is 2. The first-order valence-electron chi connectivity index (χ1n) is 6.97. The summed E-state index contributed by atoms with van der Waals surface area (Å²) in [5.41, 5.74) is 4.73. The van der Waals surface area contributed by atoms with E-state index >= 15 is 0 Å². The number of aromatic nitrogens is 1. The number of hydrogen-bond acceptors (Lipinski definition) is 2. The second-order valence-corrected chi connectivity index (χ2v) is 6.02. The molecule has 0 aliphatic rings. The van der Waals surface area contributed by atoms with Gasteiger partial charge in [0.1, 0.15) is 0 Å².